The molecule has 6 heteroatoms. The molecule has 1 saturated heterocycles. The highest BCUT2D eigenvalue weighted by atomic mass is 32.2. The van der Waals surface area contributed by atoms with E-state index in [-0.39, 0.29) is 18.1 Å². The topological polar surface area (TPSA) is 55.4 Å². The quantitative estimate of drug-likeness (QED) is 0.850. The van der Waals surface area contributed by atoms with Crippen LogP contribution >= 0.6 is 11.8 Å². The Kier molecular flexibility index (Phi) is 4.81. The van der Waals surface area contributed by atoms with Crippen molar-refractivity contribution in [3.63, 3.8) is 0 Å². The molecule has 0 radical (unpaired) electrons. The van der Waals surface area contributed by atoms with Crippen molar-refractivity contribution < 1.29 is 18.7 Å². The Hall–Kier alpha value is -2.34. The Balaban J connectivity index is 2.04. The van der Waals surface area contributed by atoms with Crippen LogP contribution in [0.2, 0.25) is 0 Å². The lowest BCUT2D eigenvalue weighted by atomic mass is 9.93. The number of halogens is 1. The Bertz CT molecular complexity index is 791. The van der Waals surface area contributed by atoms with Gasteiger partial charge in [0.15, 0.2) is 4.75 Å². The zero-order valence-corrected chi connectivity index (χ0v) is 14.7. The molecule has 2 atom stereocenters. The van der Waals surface area contributed by atoms with E-state index >= 15 is 0 Å². The SMILES string of the molecule is COC(=O)[C@@]1(Sc2ccc(C)cc2)CC(=O)N[C@@H]1c1ccc(F)cc1. The fraction of sp³-hybridized carbons (Fsp3) is 0.263. The molecule has 1 heterocycles. The molecule has 0 unspecified atom stereocenters. The highest BCUT2D eigenvalue weighted by Gasteiger charge is 2.55. The van der Waals surface area contributed by atoms with Gasteiger partial charge in [0.05, 0.1) is 19.6 Å². The Morgan fingerprint density at radius 3 is 2.44 bits per heavy atom. The first-order valence-electron chi connectivity index (χ1n) is 7.83. The molecule has 1 fully saturated rings. The maximum Gasteiger partial charge on any atom is 0.325 e. The molecule has 1 aliphatic rings. The number of benzene rings is 2. The number of ether oxygens (including phenoxy) is 1. The number of esters is 1. The minimum absolute atomic E-state index is 0.000257. The van der Waals surface area contributed by atoms with Crippen molar-refractivity contribution in [1.29, 1.82) is 0 Å². The van der Waals surface area contributed by atoms with Gasteiger partial charge in [-0.3, -0.25) is 9.59 Å². The smallest absolute Gasteiger partial charge is 0.325 e. The zero-order valence-electron chi connectivity index (χ0n) is 13.9. The third kappa shape index (κ3) is 3.39. The predicted octanol–water partition coefficient (Wildman–Crippen LogP) is 3.40. The normalized spacial score (nSPS) is 22.5. The van der Waals surface area contributed by atoms with Gasteiger partial charge in [0.2, 0.25) is 5.91 Å². The first-order valence-corrected chi connectivity index (χ1v) is 8.65. The van der Waals surface area contributed by atoms with E-state index < -0.39 is 16.8 Å². The molecule has 2 aromatic rings. The van der Waals surface area contributed by atoms with Crippen LogP contribution < -0.4 is 5.32 Å². The number of thioether (sulfide) groups is 1. The Morgan fingerprint density at radius 2 is 1.84 bits per heavy atom. The maximum atomic E-state index is 13.3. The molecule has 0 bridgehead atoms. The van der Waals surface area contributed by atoms with Crippen LogP contribution in [0, 0.1) is 12.7 Å². The second-order valence-corrected chi connectivity index (χ2v) is 7.43. The number of carbonyl (C=O) groups is 2. The summed E-state index contributed by atoms with van der Waals surface area (Å²) in [4.78, 5) is 25.7. The van der Waals surface area contributed by atoms with Gasteiger partial charge in [-0.2, -0.15) is 0 Å². The number of rotatable bonds is 4. The van der Waals surface area contributed by atoms with Crippen molar-refractivity contribution in [2.45, 2.75) is 29.0 Å². The third-order valence-corrected chi connectivity index (χ3v) is 5.67. The van der Waals surface area contributed by atoms with Crippen LogP contribution in [0.3, 0.4) is 0 Å². The van der Waals surface area contributed by atoms with Gasteiger partial charge in [-0.1, -0.05) is 29.8 Å². The van der Waals surface area contributed by atoms with Crippen molar-refractivity contribution in [3.05, 3.63) is 65.5 Å². The Labute approximate surface area is 149 Å². The predicted molar refractivity (Wildman–Crippen MR) is 93.7 cm³/mol. The number of amides is 1. The molecule has 130 valence electrons. The summed E-state index contributed by atoms with van der Waals surface area (Å²) in [5, 5.41) is 2.84. The summed E-state index contributed by atoms with van der Waals surface area (Å²) < 4.78 is 17.2. The van der Waals surface area contributed by atoms with Gasteiger partial charge in [-0.05, 0) is 36.8 Å². The molecule has 0 aliphatic carbocycles. The molecule has 4 nitrogen and oxygen atoms in total. The minimum Gasteiger partial charge on any atom is -0.468 e. The lowest BCUT2D eigenvalue weighted by Crippen LogP contribution is -2.41. The Morgan fingerprint density at radius 1 is 1.20 bits per heavy atom. The van der Waals surface area contributed by atoms with E-state index in [0.29, 0.717) is 5.56 Å². The van der Waals surface area contributed by atoms with Gasteiger partial charge in [0.25, 0.3) is 0 Å². The van der Waals surface area contributed by atoms with Crippen LogP contribution in [0.5, 0.6) is 0 Å². The highest BCUT2D eigenvalue weighted by molar-refractivity contribution is 8.01. The van der Waals surface area contributed by atoms with Crippen LogP contribution in [0.4, 0.5) is 4.39 Å². The number of nitrogens with one attached hydrogen (secondary N) is 1. The van der Waals surface area contributed by atoms with Gasteiger partial charge < -0.3 is 10.1 Å². The van der Waals surface area contributed by atoms with Gasteiger partial charge in [0.1, 0.15) is 5.82 Å². The monoisotopic (exact) mass is 359 g/mol. The summed E-state index contributed by atoms with van der Waals surface area (Å²) >= 11 is 1.30. The van der Waals surface area contributed by atoms with Crippen molar-refractivity contribution in [2.24, 2.45) is 0 Å². The van der Waals surface area contributed by atoms with E-state index in [9.17, 15) is 14.0 Å². The van der Waals surface area contributed by atoms with Gasteiger partial charge in [-0.15, -0.1) is 11.8 Å². The lowest BCUT2D eigenvalue weighted by molar-refractivity contribution is -0.144. The number of hydrogen-bond acceptors (Lipinski definition) is 4. The van der Waals surface area contributed by atoms with Crippen molar-refractivity contribution >= 4 is 23.6 Å². The van der Waals surface area contributed by atoms with E-state index in [0.717, 1.165) is 10.5 Å². The largest absolute Gasteiger partial charge is 0.468 e. The summed E-state index contributed by atoms with van der Waals surface area (Å²) in [5.74, 6) is -1.09. The van der Waals surface area contributed by atoms with Crippen LogP contribution in [0.1, 0.15) is 23.6 Å². The van der Waals surface area contributed by atoms with Gasteiger partial charge in [0, 0.05) is 4.90 Å². The zero-order chi connectivity index (χ0) is 18.0. The first-order chi connectivity index (χ1) is 11.9. The van der Waals surface area contributed by atoms with Crippen molar-refractivity contribution in [1.82, 2.24) is 5.32 Å². The van der Waals surface area contributed by atoms with Gasteiger partial charge in [-0.25, -0.2) is 4.39 Å². The molecular weight excluding hydrogens is 341 g/mol. The lowest BCUT2D eigenvalue weighted by Gasteiger charge is -2.31. The first kappa shape index (κ1) is 17.5. The number of methoxy groups -OCH3 is 1. The van der Waals surface area contributed by atoms with E-state index in [1.54, 1.807) is 12.1 Å². The fourth-order valence-corrected chi connectivity index (χ4v) is 4.37. The van der Waals surface area contributed by atoms with Crippen LogP contribution in [-0.4, -0.2) is 23.7 Å². The average Bonchev–Trinajstić information content (AvgIpc) is 2.94. The number of hydrogen-bond donors (Lipinski definition) is 1. The maximum absolute atomic E-state index is 13.3. The third-order valence-electron chi connectivity index (χ3n) is 4.25. The minimum atomic E-state index is -1.14. The second-order valence-electron chi connectivity index (χ2n) is 6.03. The number of aryl methyl sites for hydroxylation is 1. The summed E-state index contributed by atoms with van der Waals surface area (Å²) in [6.45, 7) is 1.98. The van der Waals surface area contributed by atoms with Crippen LogP contribution in [0.25, 0.3) is 0 Å². The highest BCUT2D eigenvalue weighted by Crippen LogP contribution is 2.49. The molecule has 0 spiro atoms. The van der Waals surface area contributed by atoms with E-state index in [1.165, 1.54) is 31.0 Å². The van der Waals surface area contributed by atoms with Gasteiger partial charge >= 0.3 is 5.97 Å². The van der Waals surface area contributed by atoms with E-state index in [4.69, 9.17) is 4.74 Å². The van der Waals surface area contributed by atoms with Crippen LogP contribution in [-0.2, 0) is 14.3 Å². The average molecular weight is 359 g/mol. The molecule has 2 aromatic carbocycles. The summed E-state index contributed by atoms with van der Waals surface area (Å²) in [6.07, 6.45) is 0.000257. The molecular formula is C19H18FNO3S. The standard InChI is InChI=1S/C19H18FNO3S/c1-12-3-9-15(10-4-12)25-19(18(23)24-2)11-16(22)21-17(19)13-5-7-14(20)8-6-13/h3-10,17H,11H2,1-2H3,(H,21,22)/t17-,19-/m1/s1. The molecule has 1 amide bonds. The number of carbonyl (C=O) groups excluding carboxylic acids is 2. The van der Waals surface area contributed by atoms with Crippen molar-refractivity contribution in [3.8, 4) is 0 Å². The summed E-state index contributed by atoms with van der Waals surface area (Å²) in [7, 11) is 1.31. The fourth-order valence-electron chi connectivity index (χ4n) is 2.99. The molecule has 3 rings (SSSR count). The second kappa shape index (κ2) is 6.88. The summed E-state index contributed by atoms with van der Waals surface area (Å²) in [6, 6.07) is 12.9. The molecule has 0 aromatic heterocycles. The summed E-state index contributed by atoms with van der Waals surface area (Å²) in [5.41, 5.74) is 1.77. The molecule has 25 heavy (non-hydrogen) atoms. The van der Waals surface area contributed by atoms with Crippen LogP contribution in [0.15, 0.2) is 53.4 Å². The molecule has 1 N–H and O–H groups in total. The van der Waals surface area contributed by atoms with E-state index in [1.807, 2.05) is 31.2 Å². The molecule has 0 saturated carbocycles. The van der Waals surface area contributed by atoms with Crippen molar-refractivity contribution in [2.75, 3.05) is 7.11 Å². The molecule has 1 aliphatic heterocycles. The van der Waals surface area contributed by atoms with E-state index in [2.05, 4.69) is 5.32 Å².